The van der Waals surface area contributed by atoms with Gasteiger partial charge in [0.05, 0.1) is 10.5 Å². The molecule has 0 fully saturated rings. The summed E-state index contributed by atoms with van der Waals surface area (Å²) in [6.07, 6.45) is 1.31. The standard InChI is InChI=1S/C19H18O5S/c1-3-19(21)17(14-9-11-15(12-10-14)25(2,22)23)16(18(20)24-19)13-7-5-4-6-8-13/h4-12,21H,3H2,1-2H3. The molecule has 25 heavy (non-hydrogen) atoms. The molecule has 1 atom stereocenters. The molecule has 1 unspecified atom stereocenters. The fourth-order valence-electron chi connectivity index (χ4n) is 2.91. The average Bonchev–Trinajstić information content (AvgIpc) is 2.86. The topological polar surface area (TPSA) is 80.7 Å². The van der Waals surface area contributed by atoms with E-state index in [0.29, 0.717) is 16.7 Å². The predicted molar refractivity (Wildman–Crippen MR) is 94.1 cm³/mol. The van der Waals surface area contributed by atoms with Crippen LogP contribution >= 0.6 is 0 Å². The van der Waals surface area contributed by atoms with Crippen molar-refractivity contribution in [2.24, 2.45) is 0 Å². The van der Waals surface area contributed by atoms with Crippen LogP contribution in [0.4, 0.5) is 0 Å². The summed E-state index contributed by atoms with van der Waals surface area (Å²) >= 11 is 0. The van der Waals surface area contributed by atoms with Crippen molar-refractivity contribution in [1.82, 2.24) is 0 Å². The van der Waals surface area contributed by atoms with Gasteiger partial charge in [-0.05, 0) is 23.3 Å². The summed E-state index contributed by atoms with van der Waals surface area (Å²) in [5.74, 6) is -2.34. The van der Waals surface area contributed by atoms with Crippen LogP contribution in [0.3, 0.4) is 0 Å². The molecular formula is C19H18O5S. The summed E-state index contributed by atoms with van der Waals surface area (Å²) in [5, 5.41) is 10.8. The Labute approximate surface area is 146 Å². The van der Waals surface area contributed by atoms with Crippen LogP contribution in [0.25, 0.3) is 11.1 Å². The van der Waals surface area contributed by atoms with E-state index < -0.39 is 21.6 Å². The van der Waals surface area contributed by atoms with Crippen LogP contribution in [-0.4, -0.2) is 31.5 Å². The Kier molecular flexibility index (Phi) is 4.26. The van der Waals surface area contributed by atoms with Crippen molar-refractivity contribution in [3.8, 4) is 0 Å². The molecule has 0 saturated heterocycles. The number of hydrogen-bond donors (Lipinski definition) is 1. The van der Waals surface area contributed by atoms with Gasteiger partial charge in [-0.3, -0.25) is 0 Å². The third-order valence-electron chi connectivity index (χ3n) is 4.22. The van der Waals surface area contributed by atoms with Crippen LogP contribution in [-0.2, 0) is 19.4 Å². The number of hydrogen-bond acceptors (Lipinski definition) is 5. The fraction of sp³-hybridized carbons (Fsp3) is 0.211. The molecule has 3 rings (SSSR count). The highest BCUT2D eigenvalue weighted by atomic mass is 32.2. The Bertz CT molecular complexity index is 943. The zero-order chi connectivity index (χ0) is 18.2. The molecule has 2 aromatic rings. The van der Waals surface area contributed by atoms with Crippen LogP contribution in [0.2, 0.25) is 0 Å². The van der Waals surface area contributed by atoms with Crippen molar-refractivity contribution < 1.29 is 23.1 Å². The van der Waals surface area contributed by atoms with E-state index in [1.807, 2.05) is 6.07 Å². The number of aliphatic hydroxyl groups is 1. The van der Waals surface area contributed by atoms with Gasteiger partial charge < -0.3 is 9.84 Å². The number of esters is 1. The normalized spacial score (nSPS) is 20.7. The smallest absolute Gasteiger partial charge is 0.342 e. The first-order chi connectivity index (χ1) is 11.8. The monoisotopic (exact) mass is 358 g/mol. The molecule has 6 heteroatoms. The molecule has 1 aliphatic rings. The van der Waals surface area contributed by atoms with Crippen LogP contribution in [0.1, 0.15) is 24.5 Å². The van der Waals surface area contributed by atoms with E-state index >= 15 is 0 Å². The summed E-state index contributed by atoms with van der Waals surface area (Å²) in [5.41, 5.74) is 1.82. The molecule has 5 nitrogen and oxygen atoms in total. The quantitative estimate of drug-likeness (QED) is 0.850. The van der Waals surface area contributed by atoms with E-state index in [4.69, 9.17) is 4.74 Å². The number of sulfone groups is 1. The molecule has 0 amide bonds. The van der Waals surface area contributed by atoms with Gasteiger partial charge in [0.25, 0.3) is 0 Å². The average molecular weight is 358 g/mol. The first kappa shape index (κ1) is 17.4. The van der Waals surface area contributed by atoms with E-state index in [9.17, 15) is 18.3 Å². The summed E-state index contributed by atoms with van der Waals surface area (Å²) in [4.78, 5) is 12.6. The largest absolute Gasteiger partial charge is 0.425 e. The predicted octanol–water partition coefficient (Wildman–Crippen LogP) is 2.66. The minimum absolute atomic E-state index is 0.170. The van der Waals surface area contributed by atoms with Gasteiger partial charge in [-0.25, -0.2) is 13.2 Å². The summed E-state index contributed by atoms with van der Waals surface area (Å²) in [6.45, 7) is 1.71. The van der Waals surface area contributed by atoms with Gasteiger partial charge in [0, 0.05) is 18.2 Å². The van der Waals surface area contributed by atoms with Crippen LogP contribution in [0.5, 0.6) is 0 Å². The van der Waals surface area contributed by atoms with Gasteiger partial charge >= 0.3 is 5.97 Å². The van der Waals surface area contributed by atoms with Gasteiger partial charge in [-0.15, -0.1) is 0 Å². The third kappa shape index (κ3) is 3.10. The molecule has 0 spiro atoms. The first-order valence-electron chi connectivity index (χ1n) is 7.82. The number of cyclic esters (lactones) is 1. The number of rotatable bonds is 4. The molecule has 2 aromatic carbocycles. The lowest BCUT2D eigenvalue weighted by molar-refractivity contribution is -0.175. The summed E-state index contributed by atoms with van der Waals surface area (Å²) < 4.78 is 28.5. The molecule has 1 N–H and O–H groups in total. The third-order valence-corrected chi connectivity index (χ3v) is 5.35. The Morgan fingerprint density at radius 3 is 2.12 bits per heavy atom. The molecule has 1 aliphatic heterocycles. The maximum absolute atomic E-state index is 12.4. The second kappa shape index (κ2) is 6.13. The number of ether oxygens (including phenoxy) is 1. The highest BCUT2D eigenvalue weighted by Gasteiger charge is 2.46. The molecule has 0 aromatic heterocycles. The van der Waals surface area contributed by atoms with E-state index in [0.717, 1.165) is 6.26 Å². The molecule has 0 aliphatic carbocycles. The number of carbonyl (C=O) groups is 1. The summed E-state index contributed by atoms with van der Waals surface area (Å²) in [6, 6.07) is 15.0. The number of carbonyl (C=O) groups excluding carboxylic acids is 1. The maximum Gasteiger partial charge on any atom is 0.342 e. The Hall–Kier alpha value is -2.44. The van der Waals surface area contributed by atoms with Crippen molar-refractivity contribution in [3.05, 3.63) is 65.7 Å². The van der Waals surface area contributed by atoms with Crippen molar-refractivity contribution >= 4 is 27.0 Å². The minimum atomic E-state index is -3.33. The van der Waals surface area contributed by atoms with Crippen molar-refractivity contribution in [2.45, 2.75) is 24.0 Å². The molecule has 130 valence electrons. The van der Waals surface area contributed by atoms with E-state index in [2.05, 4.69) is 0 Å². The van der Waals surface area contributed by atoms with Gasteiger partial charge in [0.2, 0.25) is 5.79 Å². The van der Waals surface area contributed by atoms with Gasteiger partial charge in [0.1, 0.15) is 0 Å². The van der Waals surface area contributed by atoms with Crippen molar-refractivity contribution in [2.75, 3.05) is 6.26 Å². The van der Waals surface area contributed by atoms with E-state index in [1.165, 1.54) is 12.1 Å². The van der Waals surface area contributed by atoms with Crippen molar-refractivity contribution in [3.63, 3.8) is 0 Å². The summed E-state index contributed by atoms with van der Waals surface area (Å²) in [7, 11) is -3.33. The second-order valence-electron chi connectivity index (χ2n) is 5.94. The maximum atomic E-state index is 12.4. The Morgan fingerprint density at radius 1 is 1.00 bits per heavy atom. The van der Waals surface area contributed by atoms with Gasteiger partial charge in [-0.1, -0.05) is 49.4 Å². The molecule has 1 heterocycles. The van der Waals surface area contributed by atoms with Gasteiger partial charge in [-0.2, -0.15) is 0 Å². The van der Waals surface area contributed by atoms with E-state index in [-0.39, 0.29) is 16.9 Å². The highest BCUT2D eigenvalue weighted by Crippen LogP contribution is 2.44. The fourth-order valence-corrected chi connectivity index (χ4v) is 3.54. The SMILES string of the molecule is CCC1(O)OC(=O)C(c2ccccc2)=C1c1ccc(S(C)(=O)=O)cc1. The lowest BCUT2D eigenvalue weighted by atomic mass is 9.90. The van der Waals surface area contributed by atoms with Gasteiger partial charge in [0.15, 0.2) is 9.84 Å². The molecule has 0 saturated carbocycles. The van der Waals surface area contributed by atoms with Crippen LogP contribution in [0, 0.1) is 0 Å². The Balaban J connectivity index is 2.23. The Morgan fingerprint density at radius 2 is 1.60 bits per heavy atom. The zero-order valence-corrected chi connectivity index (χ0v) is 14.7. The first-order valence-corrected chi connectivity index (χ1v) is 9.72. The van der Waals surface area contributed by atoms with Crippen molar-refractivity contribution in [1.29, 1.82) is 0 Å². The zero-order valence-electron chi connectivity index (χ0n) is 13.9. The lowest BCUT2D eigenvalue weighted by Gasteiger charge is -2.23. The minimum Gasteiger partial charge on any atom is -0.425 e. The van der Waals surface area contributed by atoms with Crippen LogP contribution < -0.4 is 0 Å². The van der Waals surface area contributed by atoms with Crippen LogP contribution in [0.15, 0.2) is 59.5 Å². The number of benzene rings is 2. The highest BCUT2D eigenvalue weighted by molar-refractivity contribution is 7.90. The molecular weight excluding hydrogens is 340 g/mol. The second-order valence-corrected chi connectivity index (χ2v) is 7.96. The lowest BCUT2D eigenvalue weighted by Crippen LogP contribution is -2.29. The van der Waals surface area contributed by atoms with E-state index in [1.54, 1.807) is 43.3 Å². The molecule has 0 bridgehead atoms. The molecule has 0 radical (unpaired) electrons.